The number of hydrogen-bond acceptors (Lipinski definition) is 4. The molecule has 7 nitrogen and oxygen atoms in total. The maximum Gasteiger partial charge on any atom is 0.394 e. The molecule has 0 saturated heterocycles. The summed E-state index contributed by atoms with van der Waals surface area (Å²) in [6.07, 6.45) is 0. The zero-order chi connectivity index (χ0) is 13.7. The number of anilines is 1. The molecule has 18 heavy (non-hydrogen) atoms. The van der Waals surface area contributed by atoms with Gasteiger partial charge in [-0.1, -0.05) is 12.1 Å². The Bertz CT molecular complexity index is 486. The van der Waals surface area contributed by atoms with Gasteiger partial charge < -0.3 is 20.8 Å². The number of hydrogen-bond donors (Lipinski definition) is 3. The molecule has 0 fully saturated rings. The highest BCUT2D eigenvalue weighted by molar-refractivity contribution is 6.31. The van der Waals surface area contributed by atoms with Gasteiger partial charge in [0.25, 0.3) is 0 Å². The van der Waals surface area contributed by atoms with Crippen molar-refractivity contribution < 1.29 is 24.6 Å². The van der Waals surface area contributed by atoms with Gasteiger partial charge in [-0.3, -0.25) is 9.59 Å². The van der Waals surface area contributed by atoms with Crippen LogP contribution in [0.1, 0.15) is 5.56 Å². The number of aliphatic carboxylic acids is 2. The van der Waals surface area contributed by atoms with Crippen LogP contribution in [0.4, 0.5) is 5.69 Å². The van der Waals surface area contributed by atoms with E-state index in [1.165, 1.54) is 0 Å². The summed E-state index contributed by atoms with van der Waals surface area (Å²) >= 11 is 0. The Labute approximate surface area is 102 Å². The summed E-state index contributed by atoms with van der Waals surface area (Å²) in [4.78, 5) is 33.2. The van der Waals surface area contributed by atoms with Crippen molar-refractivity contribution in [3.8, 4) is 0 Å². The minimum absolute atomic E-state index is 0.123. The van der Waals surface area contributed by atoms with Gasteiger partial charge in [0.15, 0.2) is 0 Å². The Morgan fingerprint density at radius 3 is 2.39 bits per heavy atom. The van der Waals surface area contributed by atoms with Crippen molar-refractivity contribution in [2.75, 3.05) is 12.3 Å². The molecule has 0 unspecified atom stereocenters. The molecular weight excluding hydrogens is 240 g/mol. The van der Waals surface area contributed by atoms with Crippen molar-refractivity contribution in [1.29, 1.82) is 0 Å². The van der Waals surface area contributed by atoms with Gasteiger partial charge in [0.2, 0.25) is 0 Å². The molecule has 0 saturated carbocycles. The molecule has 0 atom stereocenters. The molecule has 0 aliphatic carbocycles. The molecule has 1 aromatic carbocycles. The molecular formula is C11H12N2O5. The van der Waals surface area contributed by atoms with Crippen LogP contribution in [0.3, 0.4) is 0 Å². The van der Waals surface area contributed by atoms with Crippen LogP contribution in [0, 0.1) is 0 Å². The number of carboxylic acid groups (broad SMARTS) is 2. The van der Waals surface area contributed by atoms with Crippen molar-refractivity contribution in [3.05, 3.63) is 29.8 Å². The van der Waals surface area contributed by atoms with Gasteiger partial charge in [-0.05, 0) is 17.7 Å². The van der Waals surface area contributed by atoms with Crippen LogP contribution in [0.15, 0.2) is 24.3 Å². The fourth-order valence-corrected chi connectivity index (χ4v) is 1.41. The summed E-state index contributed by atoms with van der Waals surface area (Å²) in [5, 5.41) is 17.2. The predicted molar refractivity (Wildman–Crippen MR) is 61.5 cm³/mol. The second kappa shape index (κ2) is 5.67. The first-order valence-corrected chi connectivity index (χ1v) is 4.98. The fraction of sp³-hybridized carbons (Fsp3) is 0.182. The Hall–Kier alpha value is -2.57. The first-order valence-electron chi connectivity index (χ1n) is 4.98. The summed E-state index contributed by atoms with van der Waals surface area (Å²) in [7, 11) is 0. The molecule has 1 amide bonds. The molecule has 0 aliphatic heterocycles. The van der Waals surface area contributed by atoms with Crippen LogP contribution in [0.25, 0.3) is 0 Å². The summed E-state index contributed by atoms with van der Waals surface area (Å²) in [6.45, 7) is -0.803. The smallest absolute Gasteiger partial charge is 0.394 e. The van der Waals surface area contributed by atoms with Crippen molar-refractivity contribution >= 4 is 23.5 Å². The predicted octanol–water partition coefficient (Wildman–Crippen LogP) is -0.233. The lowest BCUT2D eigenvalue weighted by molar-refractivity contribution is -0.158. The van der Waals surface area contributed by atoms with E-state index in [1.807, 2.05) is 0 Å². The number of nitrogen functional groups attached to an aromatic ring is 1. The first-order chi connectivity index (χ1) is 8.40. The monoisotopic (exact) mass is 252 g/mol. The normalized spacial score (nSPS) is 9.78. The number of rotatable bonds is 4. The molecule has 0 bridgehead atoms. The number of benzene rings is 1. The van der Waals surface area contributed by atoms with Gasteiger partial charge in [-0.15, -0.1) is 0 Å². The first kappa shape index (κ1) is 13.5. The van der Waals surface area contributed by atoms with Gasteiger partial charge in [0, 0.05) is 12.2 Å². The lowest BCUT2D eigenvalue weighted by Gasteiger charge is -2.18. The van der Waals surface area contributed by atoms with Crippen LogP contribution < -0.4 is 5.73 Å². The molecule has 0 aliphatic rings. The van der Waals surface area contributed by atoms with Crippen LogP contribution in [-0.4, -0.2) is 39.5 Å². The third-order valence-corrected chi connectivity index (χ3v) is 2.12. The molecule has 0 radical (unpaired) electrons. The van der Waals surface area contributed by atoms with Gasteiger partial charge in [-0.25, -0.2) is 4.79 Å². The highest BCUT2D eigenvalue weighted by atomic mass is 16.4. The van der Waals surface area contributed by atoms with Crippen LogP contribution in [-0.2, 0) is 20.9 Å². The lowest BCUT2D eigenvalue weighted by atomic mass is 10.2. The average Bonchev–Trinajstić information content (AvgIpc) is 2.26. The third kappa shape index (κ3) is 3.78. The van der Waals surface area contributed by atoms with Crippen molar-refractivity contribution in [3.63, 3.8) is 0 Å². The van der Waals surface area contributed by atoms with E-state index in [0.29, 0.717) is 11.3 Å². The SMILES string of the molecule is Nc1cccc(CN(CC(=O)O)C(=O)C(=O)O)c1. The van der Waals surface area contributed by atoms with E-state index < -0.39 is 24.4 Å². The Kier molecular flexibility index (Phi) is 4.25. The highest BCUT2D eigenvalue weighted by Gasteiger charge is 2.23. The molecule has 0 spiro atoms. The molecule has 4 N–H and O–H groups in total. The zero-order valence-corrected chi connectivity index (χ0v) is 9.37. The number of carbonyl (C=O) groups is 3. The van der Waals surface area contributed by atoms with Crippen molar-refractivity contribution in [2.24, 2.45) is 0 Å². The zero-order valence-electron chi connectivity index (χ0n) is 9.37. The van der Waals surface area contributed by atoms with Crippen molar-refractivity contribution in [1.82, 2.24) is 4.90 Å². The van der Waals surface area contributed by atoms with E-state index >= 15 is 0 Å². The summed E-state index contributed by atoms with van der Waals surface area (Å²) in [6, 6.07) is 6.43. The van der Waals surface area contributed by atoms with Gasteiger partial charge in [0.1, 0.15) is 6.54 Å². The van der Waals surface area contributed by atoms with E-state index in [2.05, 4.69) is 0 Å². The highest BCUT2D eigenvalue weighted by Crippen LogP contribution is 2.09. The number of amides is 1. The summed E-state index contributed by atoms with van der Waals surface area (Å²) in [5.74, 6) is -4.24. The number of carbonyl (C=O) groups excluding carboxylic acids is 1. The standard InChI is InChI=1S/C11H12N2O5/c12-8-3-1-2-7(4-8)5-13(6-9(14)15)10(16)11(17)18/h1-4H,5-6,12H2,(H,14,15)(H,17,18). The van der Waals surface area contributed by atoms with Crippen LogP contribution in [0.5, 0.6) is 0 Å². The average molecular weight is 252 g/mol. The number of nitrogens with zero attached hydrogens (tertiary/aromatic N) is 1. The summed E-state index contributed by atoms with van der Waals surface area (Å²) in [5.41, 5.74) is 6.55. The second-order valence-corrected chi connectivity index (χ2v) is 3.61. The molecule has 0 aromatic heterocycles. The largest absolute Gasteiger partial charge is 0.480 e. The molecule has 96 valence electrons. The molecule has 1 rings (SSSR count). The lowest BCUT2D eigenvalue weighted by Crippen LogP contribution is -2.39. The summed E-state index contributed by atoms with van der Waals surface area (Å²) < 4.78 is 0. The third-order valence-electron chi connectivity index (χ3n) is 2.12. The van der Waals surface area contributed by atoms with E-state index in [1.54, 1.807) is 24.3 Å². The fourth-order valence-electron chi connectivity index (χ4n) is 1.41. The molecule has 0 heterocycles. The molecule has 1 aromatic rings. The topological polar surface area (TPSA) is 121 Å². The number of carboxylic acids is 2. The van der Waals surface area contributed by atoms with E-state index in [9.17, 15) is 14.4 Å². The van der Waals surface area contributed by atoms with Crippen LogP contribution >= 0.6 is 0 Å². The minimum Gasteiger partial charge on any atom is -0.480 e. The van der Waals surface area contributed by atoms with Crippen molar-refractivity contribution in [2.45, 2.75) is 6.54 Å². The second-order valence-electron chi connectivity index (χ2n) is 3.61. The van der Waals surface area contributed by atoms with E-state index in [4.69, 9.17) is 15.9 Å². The Morgan fingerprint density at radius 2 is 1.89 bits per heavy atom. The quantitative estimate of drug-likeness (QED) is 0.502. The maximum absolute atomic E-state index is 11.3. The van der Waals surface area contributed by atoms with Gasteiger partial charge >= 0.3 is 17.8 Å². The van der Waals surface area contributed by atoms with Gasteiger partial charge in [-0.2, -0.15) is 0 Å². The van der Waals surface area contributed by atoms with E-state index in [-0.39, 0.29) is 6.54 Å². The Morgan fingerprint density at radius 1 is 1.22 bits per heavy atom. The maximum atomic E-state index is 11.3. The van der Waals surface area contributed by atoms with Gasteiger partial charge in [0.05, 0.1) is 0 Å². The van der Waals surface area contributed by atoms with Crippen LogP contribution in [0.2, 0.25) is 0 Å². The Balaban J connectivity index is 2.87. The molecule has 7 heteroatoms. The number of nitrogens with two attached hydrogens (primary N) is 1. The minimum atomic E-state index is -1.69. The van der Waals surface area contributed by atoms with E-state index in [0.717, 1.165) is 4.90 Å².